The molecule has 102 valence electrons. The van der Waals surface area contributed by atoms with Gasteiger partial charge in [0.1, 0.15) is 0 Å². The fourth-order valence-electron chi connectivity index (χ4n) is 1.79. The summed E-state index contributed by atoms with van der Waals surface area (Å²) >= 11 is 1.26. The molecule has 0 N–H and O–H groups in total. The molecule has 0 amide bonds. The summed E-state index contributed by atoms with van der Waals surface area (Å²) in [4.78, 5) is 10.7. The number of rotatable bonds is 6. The molecule has 0 aliphatic rings. The van der Waals surface area contributed by atoms with Crippen LogP contribution in [0.15, 0.2) is 24.3 Å². The Bertz CT molecular complexity index is 437. The topological polar surface area (TPSA) is 17.1 Å². The highest BCUT2D eigenvalue weighted by molar-refractivity contribution is 8.13. The molecule has 0 aliphatic carbocycles. The van der Waals surface area contributed by atoms with Gasteiger partial charge in [-0.1, -0.05) is 61.9 Å². The van der Waals surface area contributed by atoms with E-state index in [9.17, 15) is 4.79 Å². The number of carbonyl (C=O) groups is 1. The predicted octanol–water partition coefficient (Wildman–Crippen LogP) is 4.44. The van der Waals surface area contributed by atoms with Crippen LogP contribution < -0.4 is 0 Å². The molecule has 1 rings (SSSR count). The number of benzene rings is 1. The molecule has 1 nitrogen and oxygen atoms in total. The lowest BCUT2D eigenvalue weighted by molar-refractivity contribution is -0.109. The Labute approximate surface area is 121 Å². The van der Waals surface area contributed by atoms with Gasteiger partial charge in [-0.05, 0) is 30.5 Å². The van der Waals surface area contributed by atoms with E-state index in [1.165, 1.54) is 43.0 Å². The van der Waals surface area contributed by atoms with Gasteiger partial charge in [0.05, 0.1) is 5.75 Å². The van der Waals surface area contributed by atoms with Crippen LogP contribution >= 0.6 is 11.8 Å². The maximum atomic E-state index is 10.7. The van der Waals surface area contributed by atoms with Crippen molar-refractivity contribution in [1.29, 1.82) is 0 Å². The highest BCUT2D eigenvalue weighted by Crippen LogP contribution is 2.09. The maximum Gasteiger partial charge on any atom is 0.186 e. The van der Waals surface area contributed by atoms with Crippen molar-refractivity contribution < 1.29 is 4.79 Å². The van der Waals surface area contributed by atoms with Crippen LogP contribution in [-0.4, -0.2) is 10.9 Å². The van der Waals surface area contributed by atoms with Gasteiger partial charge in [-0.15, -0.1) is 0 Å². The van der Waals surface area contributed by atoms with Gasteiger partial charge < -0.3 is 0 Å². The van der Waals surface area contributed by atoms with Crippen molar-refractivity contribution in [2.24, 2.45) is 0 Å². The summed E-state index contributed by atoms with van der Waals surface area (Å²) in [6.07, 6.45) is 6.37. The smallest absolute Gasteiger partial charge is 0.186 e. The zero-order valence-electron chi connectivity index (χ0n) is 11.9. The predicted molar refractivity (Wildman–Crippen MR) is 84.3 cm³/mol. The van der Waals surface area contributed by atoms with Gasteiger partial charge in [0, 0.05) is 12.5 Å². The molecule has 0 fully saturated rings. The van der Waals surface area contributed by atoms with Gasteiger partial charge in [0.25, 0.3) is 0 Å². The molecular weight excluding hydrogens is 252 g/mol. The SMILES string of the molecule is CCCCCCc1ccc(C#CCSC(C)=O)cc1. The first-order valence-corrected chi connectivity index (χ1v) is 7.92. The highest BCUT2D eigenvalue weighted by atomic mass is 32.2. The monoisotopic (exact) mass is 274 g/mol. The van der Waals surface area contributed by atoms with E-state index in [4.69, 9.17) is 0 Å². The molecule has 0 saturated heterocycles. The quantitative estimate of drug-likeness (QED) is 0.563. The largest absolute Gasteiger partial charge is 0.288 e. The number of thioether (sulfide) groups is 1. The van der Waals surface area contributed by atoms with E-state index in [0.29, 0.717) is 5.75 Å². The average Bonchev–Trinajstić information content (AvgIpc) is 2.41. The van der Waals surface area contributed by atoms with E-state index in [1.54, 1.807) is 6.92 Å². The first kappa shape index (κ1) is 15.9. The molecule has 0 aliphatic heterocycles. The molecule has 1 aromatic carbocycles. The lowest BCUT2D eigenvalue weighted by Crippen LogP contribution is -1.86. The number of hydrogen-bond acceptors (Lipinski definition) is 2. The molecular formula is C17H22OS. The third-order valence-corrected chi connectivity index (χ3v) is 3.55. The second kappa shape index (κ2) is 9.69. The van der Waals surface area contributed by atoms with Crippen LogP contribution in [0.4, 0.5) is 0 Å². The van der Waals surface area contributed by atoms with Crippen molar-refractivity contribution in [3.8, 4) is 11.8 Å². The Morgan fingerprint density at radius 1 is 1.16 bits per heavy atom. The van der Waals surface area contributed by atoms with Crippen molar-refractivity contribution in [1.82, 2.24) is 0 Å². The van der Waals surface area contributed by atoms with Crippen molar-refractivity contribution >= 4 is 16.9 Å². The Balaban J connectivity index is 2.36. The lowest BCUT2D eigenvalue weighted by atomic mass is 10.0. The Morgan fingerprint density at radius 2 is 1.89 bits per heavy atom. The summed E-state index contributed by atoms with van der Waals surface area (Å²) in [7, 11) is 0. The molecule has 1 aromatic rings. The van der Waals surface area contributed by atoms with E-state index >= 15 is 0 Å². The van der Waals surface area contributed by atoms with Gasteiger partial charge in [-0.2, -0.15) is 0 Å². The van der Waals surface area contributed by atoms with Crippen LogP contribution in [0.5, 0.6) is 0 Å². The summed E-state index contributed by atoms with van der Waals surface area (Å²) in [5.74, 6) is 6.66. The van der Waals surface area contributed by atoms with Crippen molar-refractivity contribution in [2.45, 2.75) is 46.0 Å². The molecule has 0 bridgehead atoms. The molecule has 0 heterocycles. The third kappa shape index (κ3) is 7.74. The first-order chi connectivity index (χ1) is 9.22. The summed E-state index contributed by atoms with van der Waals surface area (Å²) in [6, 6.07) is 8.46. The minimum Gasteiger partial charge on any atom is -0.288 e. The molecule has 0 unspecified atom stereocenters. The normalized spacial score (nSPS) is 9.79. The van der Waals surface area contributed by atoms with Crippen LogP contribution in [0.2, 0.25) is 0 Å². The van der Waals surface area contributed by atoms with Crippen LogP contribution in [0.25, 0.3) is 0 Å². The van der Waals surface area contributed by atoms with E-state index in [-0.39, 0.29) is 5.12 Å². The summed E-state index contributed by atoms with van der Waals surface area (Å²) < 4.78 is 0. The minimum absolute atomic E-state index is 0.122. The van der Waals surface area contributed by atoms with Crippen LogP contribution in [0, 0.1) is 11.8 Å². The maximum absolute atomic E-state index is 10.7. The van der Waals surface area contributed by atoms with Crippen molar-refractivity contribution in [2.75, 3.05) is 5.75 Å². The number of unbranched alkanes of at least 4 members (excludes halogenated alkanes) is 3. The summed E-state index contributed by atoms with van der Waals surface area (Å²) in [5, 5.41) is 0.122. The Hall–Kier alpha value is -1.20. The Morgan fingerprint density at radius 3 is 2.53 bits per heavy atom. The first-order valence-electron chi connectivity index (χ1n) is 6.93. The van der Waals surface area contributed by atoms with Gasteiger partial charge in [-0.3, -0.25) is 4.79 Å². The van der Waals surface area contributed by atoms with Gasteiger partial charge in [0.2, 0.25) is 0 Å². The fourth-order valence-corrected chi connectivity index (χ4v) is 2.13. The average molecular weight is 274 g/mol. The number of carbonyl (C=O) groups excluding carboxylic acids is 1. The van der Waals surface area contributed by atoms with Crippen LogP contribution in [0.1, 0.15) is 50.7 Å². The third-order valence-electron chi connectivity index (χ3n) is 2.85. The lowest BCUT2D eigenvalue weighted by Gasteiger charge is -2.01. The summed E-state index contributed by atoms with van der Waals surface area (Å²) in [5.41, 5.74) is 2.42. The standard InChI is InChI=1S/C17H22OS/c1-3-4-5-6-8-16-10-12-17(13-11-16)9-7-14-19-15(2)18/h10-13H,3-6,8,14H2,1-2H3. The minimum atomic E-state index is 0.122. The molecule has 0 spiro atoms. The molecule has 0 atom stereocenters. The zero-order valence-corrected chi connectivity index (χ0v) is 12.7. The van der Waals surface area contributed by atoms with Gasteiger partial charge >= 0.3 is 0 Å². The van der Waals surface area contributed by atoms with E-state index in [2.05, 4.69) is 43.0 Å². The number of aryl methyl sites for hydroxylation is 1. The summed E-state index contributed by atoms with van der Waals surface area (Å²) in [6.45, 7) is 3.80. The van der Waals surface area contributed by atoms with Crippen LogP contribution in [-0.2, 0) is 11.2 Å². The van der Waals surface area contributed by atoms with Crippen molar-refractivity contribution in [3.63, 3.8) is 0 Å². The second-order valence-corrected chi connectivity index (χ2v) is 5.74. The van der Waals surface area contributed by atoms with E-state index < -0.39 is 0 Å². The second-order valence-electron chi connectivity index (χ2n) is 4.59. The van der Waals surface area contributed by atoms with Crippen molar-refractivity contribution in [3.05, 3.63) is 35.4 Å². The van der Waals surface area contributed by atoms with Gasteiger partial charge in [-0.25, -0.2) is 0 Å². The molecule has 0 aromatic heterocycles. The fraction of sp³-hybridized carbons (Fsp3) is 0.471. The van der Waals surface area contributed by atoms with E-state index in [0.717, 1.165) is 12.0 Å². The number of hydrogen-bond donors (Lipinski definition) is 0. The molecule has 2 heteroatoms. The molecule has 0 radical (unpaired) electrons. The molecule has 0 saturated carbocycles. The van der Waals surface area contributed by atoms with Gasteiger partial charge in [0.15, 0.2) is 5.12 Å². The highest BCUT2D eigenvalue weighted by Gasteiger charge is 1.94. The Kier molecular flexibility index (Phi) is 8.09. The van der Waals surface area contributed by atoms with E-state index in [1.807, 2.05) is 0 Å². The zero-order chi connectivity index (χ0) is 13.9. The van der Waals surface area contributed by atoms with Crippen LogP contribution in [0.3, 0.4) is 0 Å². The molecule has 19 heavy (non-hydrogen) atoms.